The number of benzene rings is 2. The molecule has 0 saturated carbocycles. The fraction of sp³-hybridized carbons (Fsp3) is 0.278. The van der Waals surface area contributed by atoms with Gasteiger partial charge in [0.05, 0.1) is 20.6 Å². The molecule has 0 unspecified atom stereocenters. The first kappa shape index (κ1) is 18.3. The molecule has 0 aliphatic heterocycles. The number of carbonyl (C=O) groups is 1. The number of halogens is 2. The Morgan fingerprint density at radius 1 is 1.12 bits per heavy atom. The van der Waals surface area contributed by atoms with Gasteiger partial charge >= 0.3 is 0 Å². The van der Waals surface area contributed by atoms with Crippen LogP contribution < -0.4 is 9.47 Å². The van der Waals surface area contributed by atoms with Crippen LogP contribution in [0, 0.1) is 5.82 Å². The number of hydrogen-bond donors (Lipinski definition) is 0. The standard InChI is InChI=1S/C18H19BrFNO3/c1-21(11-13-8-14(19)4-6-16(13)20)18(22)10-12-9-15(23-2)5-7-17(12)24-3/h4-9H,10-11H2,1-3H3. The summed E-state index contributed by atoms with van der Waals surface area (Å²) in [6.07, 6.45) is 0.145. The van der Waals surface area contributed by atoms with Gasteiger partial charge in [-0.15, -0.1) is 0 Å². The molecule has 2 aromatic carbocycles. The zero-order valence-corrected chi connectivity index (χ0v) is 15.4. The average Bonchev–Trinajstić information content (AvgIpc) is 2.57. The molecule has 0 aliphatic rings. The first-order chi connectivity index (χ1) is 11.4. The first-order valence-corrected chi connectivity index (χ1v) is 8.12. The molecule has 2 aromatic rings. The van der Waals surface area contributed by atoms with Gasteiger partial charge in [-0.3, -0.25) is 4.79 Å². The Hall–Kier alpha value is -2.08. The normalized spacial score (nSPS) is 10.4. The van der Waals surface area contributed by atoms with Gasteiger partial charge in [0.1, 0.15) is 17.3 Å². The summed E-state index contributed by atoms with van der Waals surface area (Å²) in [5, 5.41) is 0. The average molecular weight is 396 g/mol. The van der Waals surface area contributed by atoms with Crippen LogP contribution in [0.4, 0.5) is 4.39 Å². The highest BCUT2D eigenvalue weighted by molar-refractivity contribution is 9.10. The van der Waals surface area contributed by atoms with Crippen molar-refractivity contribution in [2.75, 3.05) is 21.3 Å². The molecule has 6 heteroatoms. The largest absolute Gasteiger partial charge is 0.497 e. The van der Waals surface area contributed by atoms with Gasteiger partial charge in [0, 0.05) is 29.2 Å². The molecule has 0 bridgehead atoms. The lowest BCUT2D eigenvalue weighted by Crippen LogP contribution is -2.28. The fourth-order valence-electron chi connectivity index (χ4n) is 2.33. The third kappa shape index (κ3) is 4.47. The highest BCUT2D eigenvalue weighted by Crippen LogP contribution is 2.25. The van der Waals surface area contributed by atoms with E-state index in [-0.39, 0.29) is 24.7 Å². The first-order valence-electron chi connectivity index (χ1n) is 7.33. The molecule has 0 aromatic heterocycles. The van der Waals surface area contributed by atoms with Crippen molar-refractivity contribution in [1.82, 2.24) is 4.90 Å². The van der Waals surface area contributed by atoms with E-state index >= 15 is 0 Å². The Labute approximate surface area is 149 Å². The summed E-state index contributed by atoms with van der Waals surface area (Å²) >= 11 is 3.31. The van der Waals surface area contributed by atoms with E-state index in [0.29, 0.717) is 17.1 Å². The van der Waals surface area contributed by atoms with E-state index in [0.717, 1.165) is 10.0 Å². The van der Waals surface area contributed by atoms with Gasteiger partial charge in [-0.25, -0.2) is 4.39 Å². The van der Waals surface area contributed by atoms with Crippen molar-refractivity contribution in [2.45, 2.75) is 13.0 Å². The lowest BCUT2D eigenvalue weighted by Gasteiger charge is -2.19. The van der Waals surface area contributed by atoms with Gasteiger partial charge in [-0.05, 0) is 36.4 Å². The minimum absolute atomic E-state index is 0.138. The van der Waals surface area contributed by atoms with Crippen molar-refractivity contribution < 1.29 is 18.7 Å². The highest BCUT2D eigenvalue weighted by atomic mass is 79.9. The number of nitrogens with zero attached hydrogens (tertiary/aromatic N) is 1. The van der Waals surface area contributed by atoms with Crippen LogP contribution in [0.5, 0.6) is 11.5 Å². The molecule has 0 radical (unpaired) electrons. The van der Waals surface area contributed by atoms with Crippen LogP contribution in [0.25, 0.3) is 0 Å². The molecule has 0 N–H and O–H groups in total. The Morgan fingerprint density at radius 3 is 2.54 bits per heavy atom. The highest BCUT2D eigenvalue weighted by Gasteiger charge is 2.16. The SMILES string of the molecule is COc1ccc(OC)c(CC(=O)N(C)Cc2cc(Br)ccc2F)c1. The maximum absolute atomic E-state index is 13.8. The Kier molecular flexibility index (Phi) is 6.20. The van der Waals surface area contributed by atoms with Crippen molar-refractivity contribution in [3.63, 3.8) is 0 Å². The molecule has 1 amide bonds. The Bertz CT molecular complexity index is 736. The van der Waals surface area contributed by atoms with Crippen LogP contribution in [0.1, 0.15) is 11.1 Å². The maximum atomic E-state index is 13.8. The second-order valence-electron chi connectivity index (χ2n) is 5.34. The molecule has 0 spiro atoms. The number of rotatable bonds is 6. The molecule has 128 valence electrons. The summed E-state index contributed by atoms with van der Waals surface area (Å²) in [6.45, 7) is 0.191. The smallest absolute Gasteiger partial charge is 0.227 e. The van der Waals surface area contributed by atoms with Gasteiger partial charge < -0.3 is 14.4 Å². The molecular weight excluding hydrogens is 377 g/mol. The maximum Gasteiger partial charge on any atom is 0.227 e. The predicted molar refractivity (Wildman–Crippen MR) is 93.8 cm³/mol. The van der Waals surface area contributed by atoms with Gasteiger partial charge in [0.2, 0.25) is 5.91 Å². The fourth-order valence-corrected chi connectivity index (χ4v) is 2.73. The summed E-state index contributed by atoms with van der Waals surface area (Å²) in [6, 6.07) is 9.98. The van der Waals surface area contributed by atoms with E-state index in [4.69, 9.17) is 9.47 Å². The van der Waals surface area contributed by atoms with E-state index in [1.807, 2.05) is 0 Å². The molecule has 24 heavy (non-hydrogen) atoms. The second kappa shape index (κ2) is 8.15. The lowest BCUT2D eigenvalue weighted by molar-refractivity contribution is -0.129. The number of amides is 1. The van der Waals surface area contributed by atoms with E-state index in [2.05, 4.69) is 15.9 Å². The van der Waals surface area contributed by atoms with Crippen molar-refractivity contribution >= 4 is 21.8 Å². The van der Waals surface area contributed by atoms with Gasteiger partial charge in [0.25, 0.3) is 0 Å². The molecule has 0 heterocycles. The van der Waals surface area contributed by atoms with Gasteiger partial charge in [0.15, 0.2) is 0 Å². The molecule has 2 rings (SSSR count). The van der Waals surface area contributed by atoms with E-state index in [9.17, 15) is 9.18 Å². The number of methoxy groups -OCH3 is 2. The summed E-state index contributed by atoms with van der Waals surface area (Å²) in [7, 11) is 4.77. The third-order valence-electron chi connectivity index (χ3n) is 3.67. The Morgan fingerprint density at radius 2 is 1.88 bits per heavy atom. The Balaban J connectivity index is 2.13. The monoisotopic (exact) mass is 395 g/mol. The molecule has 0 saturated heterocycles. The number of carbonyl (C=O) groups excluding carboxylic acids is 1. The summed E-state index contributed by atoms with van der Waals surface area (Å²) < 4.78 is 25.1. The molecule has 4 nitrogen and oxygen atoms in total. The van der Waals surface area contributed by atoms with Crippen LogP contribution in [0.15, 0.2) is 40.9 Å². The number of ether oxygens (including phenoxy) is 2. The van der Waals surface area contributed by atoms with E-state index in [1.165, 1.54) is 11.0 Å². The van der Waals surface area contributed by atoms with Crippen LogP contribution in [-0.2, 0) is 17.8 Å². The summed E-state index contributed by atoms with van der Waals surface area (Å²) in [5.41, 5.74) is 1.18. The van der Waals surface area contributed by atoms with Crippen molar-refractivity contribution in [1.29, 1.82) is 0 Å². The van der Waals surface area contributed by atoms with Crippen LogP contribution in [0.3, 0.4) is 0 Å². The minimum Gasteiger partial charge on any atom is -0.497 e. The zero-order valence-electron chi connectivity index (χ0n) is 13.8. The zero-order chi connectivity index (χ0) is 17.7. The molecule has 0 aliphatic carbocycles. The predicted octanol–water partition coefficient (Wildman–Crippen LogP) is 3.81. The quantitative estimate of drug-likeness (QED) is 0.746. The molecular formula is C18H19BrFNO3. The van der Waals surface area contributed by atoms with E-state index < -0.39 is 0 Å². The number of likely N-dealkylation sites (N-methyl/N-ethyl adjacent to an activating group) is 1. The summed E-state index contributed by atoms with van der Waals surface area (Å²) in [4.78, 5) is 14.0. The lowest BCUT2D eigenvalue weighted by atomic mass is 10.1. The van der Waals surface area contributed by atoms with E-state index in [1.54, 1.807) is 51.6 Å². The van der Waals surface area contributed by atoms with Crippen molar-refractivity contribution in [2.24, 2.45) is 0 Å². The van der Waals surface area contributed by atoms with Gasteiger partial charge in [-0.1, -0.05) is 15.9 Å². The van der Waals surface area contributed by atoms with Crippen LogP contribution >= 0.6 is 15.9 Å². The van der Waals surface area contributed by atoms with Crippen molar-refractivity contribution in [3.05, 3.63) is 57.8 Å². The minimum atomic E-state index is -0.336. The summed E-state index contributed by atoms with van der Waals surface area (Å²) in [5.74, 6) is 0.795. The molecule has 0 fully saturated rings. The number of hydrogen-bond acceptors (Lipinski definition) is 3. The molecule has 0 atom stereocenters. The van der Waals surface area contributed by atoms with Crippen LogP contribution in [-0.4, -0.2) is 32.1 Å². The van der Waals surface area contributed by atoms with Gasteiger partial charge in [-0.2, -0.15) is 0 Å². The second-order valence-corrected chi connectivity index (χ2v) is 6.26. The topological polar surface area (TPSA) is 38.8 Å². The third-order valence-corrected chi connectivity index (χ3v) is 4.16. The van der Waals surface area contributed by atoms with Crippen molar-refractivity contribution in [3.8, 4) is 11.5 Å². The van der Waals surface area contributed by atoms with Crippen LogP contribution in [0.2, 0.25) is 0 Å².